The first kappa shape index (κ1) is 9.69. The highest BCUT2D eigenvalue weighted by molar-refractivity contribution is 5.21. The van der Waals surface area contributed by atoms with E-state index < -0.39 is 0 Å². The van der Waals surface area contributed by atoms with Gasteiger partial charge in [0.2, 0.25) is 0 Å². The minimum absolute atomic E-state index is 0.424. The van der Waals surface area contributed by atoms with E-state index in [4.69, 9.17) is 5.73 Å². The number of hydrogen-bond donors (Lipinski definition) is 1. The zero-order chi connectivity index (χ0) is 9.97. The van der Waals surface area contributed by atoms with Gasteiger partial charge in [0, 0.05) is 25.7 Å². The van der Waals surface area contributed by atoms with Crippen molar-refractivity contribution < 1.29 is 0 Å². The highest BCUT2D eigenvalue weighted by atomic mass is 15.2. The quantitative estimate of drug-likeness (QED) is 0.775. The van der Waals surface area contributed by atoms with Crippen LogP contribution >= 0.6 is 0 Å². The van der Waals surface area contributed by atoms with Crippen molar-refractivity contribution in [3.05, 3.63) is 35.4 Å². The van der Waals surface area contributed by atoms with Crippen LogP contribution in [0.4, 0.5) is 0 Å². The summed E-state index contributed by atoms with van der Waals surface area (Å²) in [5.41, 5.74) is 8.48. The van der Waals surface area contributed by atoms with Crippen LogP contribution in [0.2, 0.25) is 0 Å². The number of rotatable bonds is 3. The molecule has 0 radical (unpaired) electrons. The normalized spacial score (nSPS) is 18.1. The Balaban J connectivity index is 1.78. The predicted octanol–water partition coefficient (Wildman–Crippen LogP) is 1.18. The molecule has 1 heterocycles. The van der Waals surface area contributed by atoms with Crippen LogP contribution in [-0.4, -0.2) is 30.6 Å². The molecule has 1 aliphatic rings. The minimum atomic E-state index is 0.424. The average Bonchev–Trinajstić information content (AvgIpc) is 2.13. The van der Waals surface area contributed by atoms with Crippen molar-refractivity contribution >= 4 is 0 Å². The Kier molecular flexibility index (Phi) is 2.85. The Hall–Kier alpha value is -0.860. The van der Waals surface area contributed by atoms with Crippen LogP contribution in [0.15, 0.2) is 24.3 Å². The monoisotopic (exact) mass is 190 g/mol. The Bertz CT molecular complexity index is 286. The predicted molar refractivity (Wildman–Crippen MR) is 59.3 cm³/mol. The van der Waals surface area contributed by atoms with Crippen LogP contribution in [-0.2, 0) is 6.42 Å². The largest absolute Gasteiger partial charge is 0.325 e. The van der Waals surface area contributed by atoms with Crippen LogP contribution in [0.3, 0.4) is 0 Å². The van der Waals surface area contributed by atoms with E-state index in [1.54, 1.807) is 0 Å². The second kappa shape index (κ2) is 4.11. The topological polar surface area (TPSA) is 29.3 Å². The minimum Gasteiger partial charge on any atom is -0.325 e. The summed E-state index contributed by atoms with van der Waals surface area (Å²) in [6.07, 6.45) is 1.15. The van der Waals surface area contributed by atoms with Gasteiger partial charge >= 0.3 is 0 Å². The fourth-order valence-electron chi connectivity index (χ4n) is 1.83. The summed E-state index contributed by atoms with van der Waals surface area (Å²) in [7, 11) is 0. The summed E-state index contributed by atoms with van der Waals surface area (Å²) in [4.78, 5) is 2.41. The molecule has 2 N–H and O–H groups in total. The number of hydrogen-bond acceptors (Lipinski definition) is 2. The van der Waals surface area contributed by atoms with Gasteiger partial charge in [-0.2, -0.15) is 0 Å². The van der Waals surface area contributed by atoms with E-state index >= 15 is 0 Å². The molecule has 0 aromatic heterocycles. The summed E-state index contributed by atoms with van der Waals surface area (Å²) >= 11 is 0. The Morgan fingerprint density at radius 2 is 1.93 bits per heavy atom. The first-order valence-corrected chi connectivity index (χ1v) is 5.27. The average molecular weight is 190 g/mol. The third kappa shape index (κ3) is 2.34. The van der Waals surface area contributed by atoms with Crippen LogP contribution < -0.4 is 5.73 Å². The van der Waals surface area contributed by atoms with Crippen molar-refractivity contribution in [1.82, 2.24) is 4.90 Å². The van der Waals surface area contributed by atoms with E-state index in [2.05, 4.69) is 36.1 Å². The summed E-state index contributed by atoms with van der Waals surface area (Å²) in [6, 6.07) is 9.21. The lowest BCUT2D eigenvalue weighted by molar-refractivity contribution is 0.153. The van der Waals surface area contributed by atoms with E-state index in [1.165, 1.54) is 11.1 Å². The first-order valence-electron chi connectivity index (χ1n) is 5.27. The zero-order valence-corrected chi connectivity index (χ0v) is 8.74. The molecule has 0 bridgehead atoms. The van der Waals surface area contributed by atoms with Crippen LogP contribution in [0.1, 0.15) is 11.1 Å². The molecule has 0 amide bonds. The number of nitrogens with two attached hydrogens (primary N) is 1. The van der Waals surface area contributed by atoms with Crippen LogP contribution in [0, 0.1) is 6.92 Å². The van der Waals surface area contributed by atoms with Gasteiger partial charge in [-0.1, -0.05) is 29.8 Å². The number of nitrogens with zero attached hydrogens (tertiary/aromatic N) is 1. The molecule has 14 heavy (non-hydrogen) atoms. The Morgan fingerprint density at radius 3 is 2.50 bits per heavy atom. The van der Waals surface area contributed by atoms with E-state index in [0.717, 1.165) is 26.1 Å². The van der Waals surface area contributed by atoms with Gasteiger partial charge in [-0.3, -0.25) is 4.90 Å². The summed E-state index contributed by atoms with van der Waals surface area (Å²) in [6.45, 7) is 5.42. The first-order chi connectivity index (χ1) is 6.74. The van der Waals surface area contributed by atoms with Gasteiger partial charge < -0.3 is 5.73 Å². The van der Waals surface area contributed by atoms with Crippen LogP contribution in [0.25, 0.3) is 0 Å². The molecule has 1 saturated heterocycles. The molecule has 0 unspecified atom stereocenters. The van der Waals surface area contributed by atoms with Gasteiger partial charge in [-0.15, -0.1) is 0 Å². The third-order valence-electron chi connectivity index (χ3n) is 2.82. The molecule has 0 saturated carbocycles. The van der Waals surface area contributed by atoms with E-state index in [-0.39, 0.29) is 0 Å². The SMILES string of the molecule is Cc1ccc(CCN2CC(N)C2)cc1. The van der Waals surface area contributed by atoms with E-state index in [1.807, 2.05) is 0 Å². The van der Waals surface area contributed by atoms with Crippen LogP contribution in [0.5, 0.6) is 0 Å². The van der Waals surface area contributed by atoms with E-state index in [9.17, 15) is 0 Å². The van der Waals surface area contributed by atoms with Crippen molar-refractivity contribution in [2.45, 2.75) is 19.4 Å². The molecule has 1 aliphatic heterocycles. The molecular weight excluding hydrogens is 172 g/mol. The van der Waals surface area contributed by atoms with Gasteiger partial charge in [-0.25, -0.2) is 0 Å². The lowest BCUT2D eigenvalue weighted by atomic mass is 10.1. The molecule has 2 rings (SSSR count). The molecule has 0 aliphatic carbocycles. The fourth-order valence-corrected chi connectivity index (χ4v) is 1.83. The molecule has 0 atom stereocenters. The van der Waals surface area contributed by atoms with Crippen molar-refractivity contribution in [3.8, 4) is 0 Å². The maximum absolute atomic E-state index is 5.72. The van der Waals surface area contributed by atoms with Gasteiger partial charge in [0.25, 0.3) is 0 Å². The molecule has 76 valence electrons. The maximum Gasteiger partial charge on any atom is 0.0297 e. The number of aryl methyl sites for hydroxylation is 1. The van der Waals surface area contributed by atoms with Crippen molar-refractivity contribution in [3.63, 3.8) is 0 Å². The molecule has 1 fully saturated rings. The highest BCUT2D eigenvalue weighted by Crippen LogP contribution is 2.08. The van der Waals surface area contributed by atoms with Gasteiger partial charge in [0.15, 0.2) is 0 Å². The second-order valence-electron chi connectivity index (χ2n) is 4.26. The molecule has 2 heteroatoms. The summed E-state index contributed by atoms with van der Waals surface area (Å²) in [5.74, 6) is 0. The molecule has 0 spiro atoms. The van der Waals surface area contributed by atoms with Gasteiger partial charge in [-0.05, 0) is 18.9 Å². The summed E-state index contributed by atoms with van der Waals surface area (Å²) in [5, 5.41) is 0. The molecule has 1 aromatic carbocycles. The summed E-state index contributed by atoms with van der Waals surface area (Å²) < 4.78 is 0. The second-order valence-corrected chi connectivity index (χ2v) is 4.26. The van der Waals surface area contributed by atoms with E-state index in [0.29, 0.717) is 6.04 Å². The van der Waals surface area contributed by atoms with Gasteiger partial charge in [0.05, 0.1) is 0 Å². The zero-order valence-electron chi connectivity index (χ0n) is 8.74. The lowest BCUT2D eigenvalue weighted by Crippen LogP contribution is -2.55. The molecule has 2 nitrogen and oxygen atoms in total. The Morgan fingerprint density at radius 1 is 1.29 bits per heavy atom. The lowest BCUT2D eigenvalue weighted by Gasteiger charge is -2.36. The highest BCUT2D eigenvalue weighted by Gasteiger charge is 2.21. The smallest absolute Gasteiger partial charge is 0.0297 e. The molecular formula is C12H18N2. The number of benzene rings is 1. The third-order valence-corrected chi connectivity index (χ3v) is 2.82. The fraction of sp³-hybridized carbons (Fsp3) is 0.500. The Labute approximate surface area is 85.7 Å². The van der Waals surface area contributed by atoms with Crippen molar-refractivity contribution in [2.24, 2.45) is 5.73 Å². The van der Waals surface area contributed by atoms with Crippen molar-refractivity contribution in [2.75, 3.05) is 19.6 Å². The number of likely N-dealkylation sites (tertiary alicyclic amines) is 1. The van der Waals surface area contributed by atoms with Gasteiger partial charge in [0.1, 0.15) is 0 Å². The standard InChI is InChI=1S/C12H18N2/c1-10-2-4-11(5-3-10)6-7-14-8-12(13)9-14/h2-5,12H,6-9,13H2,1H3. The van der Waals surface area contributed by atoms with Crippen molar-refractivity contribution in [1.29, 1.82) is 0 Å². The molecule has 1 aromatic rings. The maximum atomic E-state index is 5.72.